The van der Waals surface area contributed by atoms with Gasteiger partial charge in [-0.25, -0.2) is 0 Å². The van der Waals surface area contributed by atoms with Crippen molar-refractivity contribution in [1.29, 1.82) is 0 Å². The molecular formula is C15H19NO3S. The monoisotopic (exact) mass is 293 g/mol. The summed E-state index contributed by atoms with van der Waals surface area (Å²) < 4.78 is 0. The normalized spacial score (nSPS) is 16.2. The Morgan fingerprint density at radius 3 is 2.40 bits per heavy atom. The molecule has 20 heavy (non-hydrogen) atoms. The second-order valence-corrected chi connectivity index (χ2v) is 6.21. The molecule has 0 bridgehead atoms. The highest BCUT2D eigenvalue weighted by Gasteiger charge is 2.39. The molecule has 1 saturated carbocycles. The number of carbonyl (C=O) groups excluding carboxylic acids is 1. The van der Waals surface area contributed by atoms with Gasteiger partial charge in [-0.1, -0.05) is 6.42 Å². The van der Waals surface area contributed by atoms with Crippen molar-refractivity contribution in [3.05, 3.63) is 29.8 Å². The fourth-order valence-corrected chi connectivity index (χ4v) is 2.93. The molecule has 4 nitrogen and oxygen atoms in total. The number of hydrogen-bond acceptors (Lipinski definition) is 3. The molecule has 108 valence electrons. The maximum absolute atomic E-state index is 12.1. The Labute approximate surface area is 123 Å². The first-order valence-corrected chi connectivity index (χ1v) is 7.91. The van der Waals surface area contributed by atoms with Crippen LogP contribution in [0.2, 0.25) is 0 Å². The number of aliphatic carboxylic acids is 1. The predicted octanol–water partition coefficient (Wildman–Crippen LogP) is 2.78. The summed E-state index contributed by atoms with van der Waals surface area (Å²) in [6, 6.07) is 7.42. The highest BCUT2D eigenvalue weighted by Crippen LogP contribution is 2.43. The maximum Gasteiger partial charge on any atom is 0.303 e. The van der Waals surface area contributed by atoms with E-state index in [0.29, 0.717) is 12.1 Å². The summed E-state index contributed by atoms with van der Waals surface area (Å²) in [6.45, 7) is 0.447. The van der Waals surface area contributed by atoms with Crippen molar-refractivity contribution in [3.63, 3.8) is 0 Å². The number of carboxylic acid groups (broad SMARTS) is 1. The average molecular weight is 293 g/mol. The molecule has 0 aromatic heterocycles. The van der Waals surface area contributed by atoms with E-state index in [1.807, 2.05) is 18.4 Å². The molecule has 0 atom stereocenters. The summed E-state index contributed by atoms with van der Waals surface area (Å²) in [6.07, 6.45) is 4.93. The van der Waals surface area contributed by atoms with Crippen LogP contribution in [0.5, 0.6) is 0 Å². The Morgan fingerprint density at radius 2 is 1.95 bits per heavy atom. The molecule has 0 radical (unpaired) electrons. The van der Waals surface area contributed by atoms with Crippen LogP contribution in [-0.4, -0.2) is 29.8 Å². The van der Waals surface area contributed by atoms with Gasteiger partial charge in [0, 0.05) is 17.0 Å². The van der Waals surface area contributed by atoms with Crippen LogP contribution in [0.15, 0.2) is 29.2 Å². The van der Waals surface area contributed by atoms with Crippen LogP contribution < -0.4 is 5.32 Å². The number of carboxylic acids is 1. The third-order valence-corrected chi connectivity index (χ3v) is 4.66. The molecule has 2 N–H and O–H groups in total. The fraction of sp³-hybridized carbons (Fsp3) is 0.467. The summed E-state index contributed by atoms with van der Waals surface area (Å²) >= 11 is 1.63. The number of hydrogen-bond donors (Lipinski definition) is 2. The molecule has 0 saturated heterocycles. The van der Waals surface area contributed by atoms with Gasteiger partial charge in [-0.15, -0.1) is 11.8 Å². The van der Waals surface area contributed by atoms with E-state index in [9.17, 15) is 9.59 Å². The Kier molecular flexibility index (Phi) is 4.70. The van der Waals surface area contributed by atoms with Crippen molar-refractivity contribution >= 4 is 23.6 Å². The first kappa shape index (κ1) is 14.9. The smallest absolute Gasteiger partial charge is 0.303 e. The number of nitrogens with one attached hydrogen (secondary N) is 1. The first-order chi connectivity index (χ1) is 9.54. The first-order valence-electron chi connectivity index (χ1n) is 6.69. The summed E-state index contributed by atoms with van der Waals surface area (Å²) in [4.78, 5) is 24.0. The molecule has 2 rings (SSSR count). The molecule has 1 aromatic rings. The average Bonchev–Trinajstić information content (AvgIpc) is 2.41. The van der Waals surface area contributed by atoms with Gasteiger partial charge < -0.3 is 10.4 Å². The van der Waals surface area contributed by atoms with E-state index in [1.165, 1.54) is 0 Å². The zero-order chi connectivity index (χ0) is 14.6. The molecular weight excluding hydrogens is 274 g/mol. The van der Waals surface area contributed by atoms with Crippen LogP contribution in [0.25, 0.3) is 0 Å². The van der Waals surface area contributed by atoms with Crippen molar-refractivity contribution in [1.82, 2.24) is 5.32 Å². The lowest BCUT2D eigenvalue weighted by Crippen LogP contribution is -2.43. The largest absolute Gasteiger partial charge is 0.481 e. The summed E-state index contributed by atoms with van der Waals surface area (Å²) in [5.41, 5.74) is 0.383. The van der Waals surface area contributed by atoms with Gasteiger partial charge in [0.1, 0.15) is 0 Å². The van der Waals surface area contributed by atoms with Crippen molar-refractivity contribution in [2.75, 3.05) is 12.8 Å². The van der Waals surface area contributed by atoms with Gasteiger partial charge in [-0.3, -0.25) is 9.59 Å². The standard InChI is InChI=1S/C15H19NO3S/c1-20-12-5-3-11(4-6-12)14(19)16-10-15(7-2-8-15)9-13(17)18/h3-6H,2,7-10H2,1H3,(H,16,19)(H,17,18). The molecule has 1 aromatic carbocycles. The van der Waals surface area contributed by atoms with E-state index < -0.39 is 5.97 Å². The van der Waals surface area contributed by atoms with Crippen LogP contribution in [-0.2, 0) is 4.79 Å². The molecule has 5 heteroatoms. The Morgan fingerprint density at radius 1 is 1.30 bits per heavy atom. The zero-order valence-corrected chi connectivity index (χ0v) is 12.3. The van der Waals surface area contributed by atoms with Crippen molar-refractivity contribution in [2.45, 2.75) is 30.6 Å². The second kappa shape index (κ2) is 6.31. The van der Waals surface area contributed by atoms with Crippen molar-refractivity contribution < 1.29 is 14.7 Å². The lowest BCUT2D eigenvalue weighted by atomic mass is 9.66. The predicted molar refractivity (Wildman–Crippen MR) is 79.1 cm³/mol. The SMILES string of the molecule is CSc1ccc(C(=O)NCC2(CC(=O)O)CCC2)cc1. The topological polar surface area (TPSA) is 66.4 Å². The summed E-state index contributed by atoms with van der Waals surface area (Å²) in [5, 5.41) is 11.8. The number of carbonyl (C=O) groups is 2. The molecule has 1 amide bonds. The molecule has 0 spiro atoms. The third kappa shape index (κ3) is 3.54. The van der Waals surface area contributed by atoms with Gasteiger partial charge in [-0.05, 0) is 48.8 Å². The number of amides is 1. The minimum absolute atomic E-state index is 0.130. The van der Waals surface area contributed by atoms with Crippen LogP contribution in [0.3, 0.4) is 0 Å². The maximum atomic E-state index is 12.1. The van der Waals surface area contributed by atoms with E-state index in [-0.39, 0.29) is 17.7 Å². The van der Waals surface area contributed by atoms with Crippen LogP contribution in [0.4, 0.5) is 0 Å². The van der Waals surface area contributed by atoms with E-state index in [4.69, 9.17) is 5.11 Å². The van der Waals surface area contributed by atoms with Crippen LogP contribution in [0.1, 0.15) is 36.0 Å². The van der Waals surface area contributed by atoms with Gasteiger partial charge in [0.05, 0.1) is 6.42 Å². The fourth-order valence-electron chi connectivity index (χ4n) is 2.53. The zero-order valence-electron chi connectivity index (χ0n) is 11.5. The molecule has 1 aliphatic carbocycles. The van der Waals surface area contributed by atoms with Gasteiger partial charge in [0.15, 0.2) is 0 Å². The third-order valence-electron chi connectivity index (χ3n) is 3.92. The van der Waals surface area contributed by atoms with E-state index in [0.717, 1.165) is 24.2 Å². The molecule has 1 aliphatic rings. The van der Waals surface area contributed by atoms with E-state index in [2.05, 4.69) is 5.32 Å². The van der Waals surface area contributed by atoms with Gasteiger partial charge in [0.2, 0.25) is 0 Å². The van der Waals surface area contributed by atoms with Gasteiger partial charge >= 0.3 is 5.97 Å². The highest BCUT2D eigenvalue weighted by molar-refractivity contribution is 7.98. The van der Waals surface area contributed by atoms with Gasteiger partial charge in [0.25, 0.3) is 5.91 Å². The van der Waals surface area contributed by atoms with Gasteiger partial charge in [-0.2, -0.15) is 0 Å². The lowest BCUT2D eigenvalue weighted by Gasteiger charge is -2.40. The van der Waals surface area contributed by atoms with E-state index in [1.54, 1.807) is 23.9 Å². The number of rotatable bonds is 6. The minimum atomic E-state index is -0.789. The van der Waals surface area contributed by atoms with Crippen molar-refractivity contribution in [3.8, 4) is 0 Å². The summed E-state index contributed by atoms with van der Waals surface area (Å²) in [5.74, 6) is -0.919. The van der Waals surface area contributed by atoms with E-state index >= 15 is 0 Å². The summed E-state index contributed by atoms with van der Waals surface area (Å²) in [7, 11) is 0. The second-order valence-electron chi connectivity index (χ2n) is 5.34. The van der Waals surface area contributed by atoms with Crippen LogP contribution in [0, 0.1) is 5.41 Å². The Hall–Kier alpha value is -1.49. The highest BCUT2D eigenvalue weighted by atomic mass is 32.2. The number of thioether (sulfide) groups is 1. The quantitative estimate of drug-likeness (QED) is 0.792. The Balaban J connectivity index is 1.92. The molecule has 0 aliphatic heterocycles. The van der Waals surface area contributed by atoms with Crippen molar-refractivity contribution in [2.24, 2.45) is 5.41 Å². The number of benzene rings is 1. The molecule has 0 unspecified atom stereocenters. The van der Waals surface area contributed by atoms with Crippen LogP contribution >= 0.6 is 11.8 Å². The molecule has 1 fully saturated rings. The molecule has 0 heterocycles. The lowest BCUT2D eigenvalue weighted by molar-refractivity contribution is -0.141. The Bertz CT molecular complexity index is 494. The minimum Gasteiger partial charge on any atom is -0.481 e.